The lowest BCUT2D eigenvalue weighted by Gasteiger charge is -2.39. The van der Waals surface area contributed by atoms with E-state index in [0.717, 1.165) is 12.3 Å². The lowest BCUT2D eigenvalue weighted by Crippen LogP contribution is -2.42. The van der Waals surface area contributed by atoms with Crippen LogP contribution in [0.25, 0.3) is 0 Å². The predicted molar refractivity (Wildman–Crippen MR) is 112 cm³/mol. The summed E-state index contributed by atoms with van der Waals surface area (Å²) in [6.07, 6.45) is 1.90. The Morgan fingerprint density at radius 1 is 1.19 bits per heavy atom. The molecule has 0 saturated carbocycles. The molecule has 2 unspecified atom stereocenters. The average Bonchev–Trinajstić information content (AvgIpc) is 2.71. The molecule has 9 heteroatoms. The first-order chi connectivity index (χ1) is 14.6. The van der Waals surface area contributed by atoms with Crippen molar-refractivity contribution in [3.05, 3.63) is 86.7 Å². The molecular formula is C22H17Cl2F2NO4. The fourth-order valence-corrected chi connectivity index (χ4v) is 4.26. The Bertz CT molecular complexity index is 1120. The van der Waals surface area contributed by atoms with Crippen molar-refractivity contribution in [3.63, 3.8) is 0 Å². The zero-order chi connectivity index (χ0) is 22.9. The SMILES string of the molecule is CC1=C(C(=O)O)C(c2cncc(C(F)F)c2)C(Cc2cc(Cl)ccc2Cl)(C(=O)O)C=C1. The highest BCUT2D eigenvalue weighted by molar-refractivity contribution is 6.33. The van der Waals surface area contributed by atoms with Crippen molar-refractivity contribution in [1.82, 2.24) is 4.98 Å². The van der Waals surface area contributed by atoms with E-state index >= 15 is 0 Å². The van der Waals surface area contributed by atoms with Gasteiger partial charge in [0.2, 0.25) is 0 Å². The first kappa shape index (κ1) is 22.9. The van der Waals surface area contributed by atoms with Crippen molar-refractivity contribution in [2.75, 3.05) is 0 Å². The summed E-state index contributed by atoms with van der Waals surface area (Å²) in [6.45, 7) is 1.52. The summed E-state index contributed by atoms with van der Waals surface area (Å²) in [5, 5.41) is 20.8. The molecule has 1 aliphatic carbocycles. The van der Waals surface area contributed by atoms with Crippen LogP contribution >= 0.6 is 23.2 Å². The summed E-state index contributed by atoms with van der Waals surface area (Å²) < 4.78 is 26.6. The second kappa shape index (κ2) is 8.77. The average molecular weight is 468 g/mol. The highest BCUT2D eigenvalue weighted by atomic mass is 35.5. The lowest BCUT2D eigenvalue weighted by molar-refractivity contribution is -0.147. The summed E-state index contributed by atoms with van der Waals surface area (Å²) >= 11 is 12.3. The number of aromatic nitrogens is 1. The zero-order valence-corrected chi connectivity index (χ0v) is 17.7. The van der Waals surface area contributed by atoms with Gasteiger partial charge in [-0.05, 0) is 54.3 Å². The Kier molecular flexibility index (Phi) is 6.48. The fourth-order valence-electron chi connectivity index (χ4n) is 3.88. The molecule has 0 saturated heterocycles. The van der Waals surface area contributed by atoms with E-state index in [1.54, 1.807) is 0 Å². The molecule has 1 aromatic carbocycles. The van der Waals surface area contributed by atoms with Gasteiger partial charge in [0.15, 0.2) is 0 Å². The van der Waals surface area contributed by atoms with Crippen LogP contribution < -0.4 is 0 Å². The minimum Gasteiger partial charge on any atom is -0.481 e. The predicted octanol–water partition coefficient (Wildman–Crippen LogP) is 5.69. The van der Waals surface area contributed by atoms with Gasteiger partial charge in [-0.25, -0.2) is 13.6 Å². The molecule has 1 heterocycles. The molecular weight excluding hydrogens is 451 g/mol. The summed E-state index contributed by atoms with van der Waals surface area (Å²) in [5.74, 6) is -3.98. The molecule has 2 aromatic rings. The van der Waals surface area contributed by atoms with Crippen LogP contribution in [-0.4, -0.2) is 27.1 Å². The van der Waals surface area contributed by atoms with E-state index < -0.39 is 35.3 Å². The Hall–Kier alpha value is -2.77. The van der Waals surface area contributed by atoms with Crippen LogP contribution in [0.15, 0.2) is 60.0 Å². The van der Waals surface area contributed by atoms with Crippen LogP contribution in [0.5, 0.6) is 0 Å². The van der Waals surface area contributed by atoms with E-state index in [-0.39, 0.29) is 22.6 Å². The van der Waals surface area contributed by atoms with E-state index in [2.05, 4.69) is 4.98 Å². The number of carboxylic acids is 2. The maximum absolute atomic E-state index is 13.3. The molecule has 0 spiro atoms. The number of benzene rings is 1. The third-order valence-electron chi connectivity index (χ3n) is 5.34. The largest absolute Gasteiger partial charge is 0.481 e. The number of halogens is 4. The van der Waals surface area contributed by atoms with Gasteiger partial charge in [0.25, 0.3) is 6.43 Å². The third-order valence-corrected chi connectivity index (χ3v) is 5.95. The van der Waals surface area contributed by atoms with Crippen LogP contribution in [-0.2, 0) is 16.0 Å². The molecule has 0 aliphatic heterocycles. The summed E-state index contributed by atoms with van der Waals surface area (Å²) in [7, 11) is 0. The normalized spacial score (nSPS) is 20.9. The molecule has 0 fully saturated rings. The number of hydrogen-bond donors (Lipinski definition) is 2. The second-order valence-corrected chi connectivity index (χ2v) is 8.12. The molecule has 31 heavy (non-hydrogen) atoms. The molecule has 162 valence electrons. The number of carbonyl (C=O) groups is 2. The summed E-state index contributed by atoms with van der Waals surface area (Å²) in [6, 6.07) is 5.64. The molecule has 0 amide bonds. The van der Waals surface area contributed by atoms with Gasteiger partial charge in [-0.2, -0.15) is 0 Å². The number of nitrogens with zero attached hydrogens (tertiary/aromatic N) is 1. The van der Waals surface area contributed by atoms with Gasteiger partial charge in [0.1, 0.15) is 5.41 Å². The van der Waals surface area contributed by atoms with Gasteiger partial charge < -0.3 is 10.2 Å². The van der Waals surface area contributed by atoms with Crippen molar-refractivity contribution >= 4 is 35.1 Å². The molecule has 3 rings (SSSR count). The number of alkyl halides is 2. The molecule has 5 nitrogen and oxygen atoms in total. The molecule has 0 radical (unpaired) electrons. The van der Waals surface area contributed by atoms with Crippen molar-refractivity contribution in [3.8, 4) is 0 Å². The molecule has 1 aromatic heterocycles. The first-order valence-corrected chi connectivity index (χ1v) is 9.86. The number of aliphatic carboxylic acids is 2. The first-order valence-electron chi connectivity index (χ1n) is 9.10. The van der Waals surface area contributed by atoms with Crippen molar-refractivity contribution < 1.29 is 28.6 Å². The second-order valence-electron chi connectivity index (χ2n) is 7.28. The Morgan fingerprint density at radius 3 is 2.52 bits per heavy atom. The van der Waals surface area contributed by atoms with Crippen molar-refractivity contribution in [2.45, 2.75) is 25.7 Å². The Morgan fingerprint density at radius 2 is 1.90 bits per heavy atom. The number of allylic oxidation sites excluding steroid dienone is 2. The molecule has 2 N–H and O–H groups in total. The van der Waals surface area contributed by atoms with Gasteiger partial charge in [-0.15, -0.1) is 0 Å². The quantitative estimate of drug-likeness (QED) is 0.569. The van der Waals surface area contributed by atoms with Crippen LogP contribution in [0.2, 0.25) is 10.0 Å². The van der Waals surface area contributed by atoms with Crippen molar-refractivity contribution in [2.24, 2.45) is 5.41 Å². The Balaban J connectivity index is 2.28. The number of pyridine rings is 1. The van der Waals surface area contributed by atoms with Gasteiger partial charge >= 0.3 is 11.9 Å². The standard InChI is InChI=1S/C22H17Cl2F2NO4/c1-11-4-5-22(21(30)31,8-12-7-15(23)2-3-16(12)24)18(17(11)20(28)29)13-6-14(19(25)26)10-27-9-13/h2-7,9-10,18-19H,8H2,1H3,(H,28,29)(H,30,31). The van der Waals surface area contributed by atoms with Crippen LogP contribution in [0, 0.1) is 5.41 Å². The van der Waals surface area contributed by atoms with E-state index in [4.69, 9.17) is 23.2 Å². The van der Waals surface area contributed by atoms with E-state index in [1.807, 2.05) is 0 Å². The Labute approximate surface area is 186 Å². The van der Waals surface area contributed by atoms with Crippen LogP contribution in [0.4, 0.5) is 8.78 Å². The van der Waals surface area contributed by atoms with Gasteiger partial charge in [-0.3, -0.25) is 9.78 Å². The van der Waals surface area contributed by atoms with Gasteiger partial charge in [0, 0.05) is 39.5 Å². The minimum atomic E-state index is -2.86. The molecule has 1 aliphatic rings. The summed E-state index contributed by atoms with van der Waals surface area (Å²) in [5.41, 5.74) is -1.72. The smallest absolute Gasteiger partial charge is 0.332 e. The van der Waals surface area contributed by atoms with Crippen molar-refractivity contribution in [1.29, 1.82) is 0 Å². The highest BCUT2D eigenvalue weighted by Crippen LogP contribution is 2.50. The number of rotatable bonds is 6. The summed E-state index contributed by atoms with van der Waals surface area (Å²) in [4.78, 5) is 28.6. The molecule has 2 atom stereocenters. The number of hydrogen-bond acceptors (Lipinski definition) is 3. The maximum Gasteiger partial charge on any atom is 0.332 e. The zero-order valence-electron chi connectivity index (χ0n) is 16.2. The fraction of sp³-hybridized carbons (Fsp3) is 0.227. The van der Waals surface area contributed by atoms with E-state index in [9.17, 15) is 28.6 Å². The maximum atomic E-state index is 13.3. The minimum absolute atomic E-state index is 0.0550. The monoisotopic (exact) mass is 467 g/mol. The third kappa shape index (κ3) is 4.34. The molecule has 0 bridgehead atoms. The van der Waals surface area contributed by atoms with E-state index in [1.165, 1.54) is 43.5 Å². The highest BCUT2D eigenvalue weighted by Gasteiger charge is 2.50. The van der Waals surface area contributed by atoms with Crippen LogP contribution in [0.3, 0.4) is 0 Å². The van der Waals surface area contributed by atoms with Gasteiger partial charge in [-0.1, -0.05) is 35.4 Å². The van der Waals surface area contributed by atoms with Gasteiger partial charge in [0.05, 0.1) is 0 Å². The van der Waals surface area contributed by atoms with E-state index in [0.29, 0.717) is 16.2 Å². The lowest BCUT2D eigenvalue weighted by atomic mass is 9.62. The van der Waals surface area contributed by atoms with Crippen LogP contribution in [0.1, 0.15) is 36.0 Å². The topological polar surface area (TPSA) is 87.5 Å². The number of carboxylic acid groups (broad SMARTS) is 2.